The molecule has 0 saturated carbocycles. The van der Waals surface area contributed by atoms with E-state index in [0.29, 0.717) is 18.7 Å². The van der Waals surface area contributed by atoms with Crippen molar-refractivity contribution in [3.8, 4) is 0 Å². The molecule has 0 spiro atoms. The fourth-order valence-electron chi connectivity index (χ4n) is 2.03. The highest BCUT2D eigenvalue weighted by molar-refractivity contribution is 5.85. The van der Waals surface area contributed by atoms with Crippen LogP contribution < -0.4 is 5.32 Å². The predicted octanol–water partition coefficient (Wildman–Crippen LogP) is 2.14. The van der Waals surface area contributed by atoms with E-state index in [1.54, 1.807) is 18.3 Å². The van der Waals surface area contributed by atoms with Gasteiger partial charge in [-0.25, -0.2) is 8.78 Å². The Morgan fingerprint density at radius 2 is 1.89 bits per heavy atom. The Hall–Kier alpha value is -0.490. The summed E-state index contributed by atoms with van der Waals surface area (Å²) in [7, 11) is 0. The third-order valence-electron chi connectivity index (χ3n) is 2.81. The van der Waals surface area contributed by atoms with E-state index < -0.39 is 12.5 Å². The second-order valence-electron chi connectivity index (χ2n) is 3.85. The maximum Gasteiger partial charge on any atom is 0.258 e. The Labute approximate surface area is 118 Å². The summed E-state index contributed by atoms with van der Waals surface area (Å²) in [6.45, 7) is 2.85. The second kappa shape index (κ2) is 8.58. The molecule has 0 unspecified atom stereocenters. The van der Waals surface area contributed by atoms with Crippen LogP contribution in [0.5, 0.6) is 0 Å². The molecule has 1 atom stereocenters. The van der Waals surface area contributed by atoms with Crippen LogP contribution in [0.2, 0.25) is 0 Å². The van der Waals surface area contributed by atoms with Crippen LogP contribution in [0.4, 0.5) is 8.78 Å². The number of nitrogens with zero attached hydrogens (tertiary/aromatic N) is 2. The van der Waals surface area contributed by atoms with Gasteiger partial charge < -0.3 is 5.32 Å². The van der Waals surface area contributed by atoms with Crippen LogP contribution in [0, 0.1) is 0 Å². The molecule has 1 aliphatic rings. The highest BCUT2D eigenvalue weighted by atomic mass is 35.5. The molecule has 18 heavy (non-hydrogen) atoms. The Bertz CT molecular complexity index is 321. The predicted molar refractivity (Wildman–Crippen MR) is 71.9 cm³/mol. The molecule has 104 valence electrons. The minimum absolute atomic E-state index is 0. The summed E-state index contributed by atoms with van der Waals surface area (Å²) in [5.41, 5.74) is 0.597. The average Bonchev–Trinajstić information content (AvgIpc) is 2.31. The molecule has 3 nitrogen and oxygen atoms in total. The van der Waals surface area contributed by atoms with Crippen molar-refractivity contribution in [3.63, 3.8) is 0 Å². The van der Waals surface area contributed by atoms with Crippen molar-refractivity contribution >= 4 is 24.8 Å². The van der Waals surface area contributed by atoms with Crippen LogP contribution in [0.15, 0.2) is 24.5 Å². The van der Waals surface area contributed by atoms with E-state index in [1.165, 1.54) is 6.20 Å². The highest BCUT2D eigenvalue weighted by Crippen LogP contribution is 2.26. The van der Waals surface area contributed by atoms with Gasteiger partial charge in [0.25, 0.3) is 6.43 Å². The first-order valence-electron chi connectivity index (χ1n) is 5.42. The highest BCUT2D eigenvalue weighted by Gasteiger charge is 2.29. The van der Waals surface area contributed by atoms with Gasteiger partial charge >= 0.3 is 0 Å². The van der Waals surface area contributed by atoms with E-state index in [0.717, 1.165) is 13.1 Å². The van der Waals surface area contributed by atoms with Gasteiger partial charge in [0.2, 0.25) is 0 Å². The summed E-state index contributed by atoms with van der Waals surface area (Å²) >= 11 is 0. The molecule has 1 fully saturated rings. The summed E-state index contributed by atoms with van der Waals surface area (Å²) in [5, 5.41) is 3.16. The van der Waals surface area contributed by atoms with Gasteiger partial charge in [-0.05, 0) is 11.6 Å². The van der Waals surface area contributed by atoms with E-state index in [1.807, 2.05) is 4.90 Å². The van der Waals surface area contributed by atoms with Crippen molar-refractivity contribution < 1.29 is 8.78 Å². The van der Waals surface area contributed by atoms with Crippen molar-refractivity contribution in [2.75, 3.05) is 26.2 Å². The molecule has 0 bridgehead atoms. The van der Waals surface area contributed by atoms with Crippen molar-refractivity contribution in [3.05, 3.63) is 30.1 Å². The molecular formula is C11H17Cl2F2N3. The molecular weight excluding hydrogens is 283 g/mol. The van der Waals surface area contributed by atoms with Gasteiger partial charge in [-0.3, -0.25) is 9.88 Å². The Morgan fingerprint density at radius 1 is 1.22 bits per heavy atom. The Morgan fingerprint density at radius 3 is 2.39 bits per heavy atom. The standard InChI is InChI=1S/C11H15F2N3.2ClH/c12-11(13)10(9-2-1-3-15-8-9)16-6-4-14-5-7-16;;/h1-3,8,10-11,14H,4-7H2;2*1H/t10-;;/m0../s1. The summed E-state index contributed by atoms with van der Waals surface area (Å²) in [5.74, 6) is 0. The fraction of sp³-hybridized carbons (Fsp3) is 0.545. The molecule has 7 heteroatoms. The zero-order chi connectivity index (χ0) is 11.4. The number of halogens is 4. The van der Waals surface area contributed by atoms with E-state index in [9.17, 15) is 8.78 Å². The summed E-state index contributed by atoms with van der Waals surface area (Å²) in [4.78, 5) is 5.72. The van der Waals surface area contributed by atoms with Crippen LogP contribution >= 0.6 is 24.8 Å². The molecule has 0 amide bonds. The van der Waals surface area contributed by atoms with Gasteiger partial charge in [-0.2, -0.15) is 0 Å². The van der Waals surface area contributed by atoms with Crippen LogP contribution in [0.3, 0.4) is 0 Å². The summed E-state index contributed by atoms with van der Waals surface area (Å²) < 4.78 is 26.2. The monoisotopic (exact) mass is 299 g/mol. The average molecular weight is 300 g/mol. The first kappa shape index (κ1) is 17.5. The summed E-state index contributed by atoms with van der Waals surface area (Å²) in [6, 6.07) is 2.59. The molecule has 2 rings (SSSR count). The van der Waals surface area contributed by atoms with E-state index in [4.69, 9.17) is 0 Å². The van der Waals surface area contributed by atoms with Gasteiger partial charge in [-0.1, -0.05) is 6.07 Å². The number of hydrogen-bond acceptors (Lipinski definition) is 3. The number of nitrogens with one attached hydrogen (secondary N) is 1. The Balaban J connectivity index is 0.00000144. The van der Waals surface area contributed by atoms with Crippen LogP contribution in [0.25, 0.3) is 0 Å². The molecule has 1 aliphatic heterocycles. The first-order valence-corrected chi connectivity index (χ1v) is 5.42. The number of pyridine rings is 1. The van der Waals surface area contributed by atoms with Crippen molar-refractivity contribution in [2.45, 2.75) is 12.5 Å². The molecule has 1 aromatic heterocycles. The molecule has 1 aromatic rings. The largest absolute Gasteiger partial charge is 0.314 e. The lowest BCUT2D eigenvalue weighted by Crippen LogP contribution is -2.46. The molecule has 0 aromatic carbocycles. The van der Waals surface area contributed by atoms with E-state index in [-0.39, 0.29) is 24.8 Å². The maximum absolute atomic E-state index is 13.1. The number of alkyl halides is 2. The molecule has 1 saturated heterocycles. The maximum atomic E-state index is 13.1. The minimum Gasteiger partial charge on any atom is -0.314 e. The van der Waals surface area contributed by atoms with Gasteiger partial charge in [0.15, 0.2) is 0 Å². The smallest absolute Gasteiger partial charge is 0.258 e. The van der Waals surface area contributed by atoms with Crippen molar-refractivity contribution in [1.29, 1.82) is 0 Å². The first-order chi connectivity index (χ1) is 7.79. The van der Waals surface area contributed by atoms with Crippen LogP contribution in [-0.4, -0.2) is 42.5 Å². The zero-order valence-corrected chi connectivity index (χ0v) is 11.4. The second-order valence-corrected chi connectivity index (χ2v) is 3.85. The SMILES string of the molecule is Cl.Cl.FC(F)[C@H](c1cccnc1)N1CCNCC1. The third-order valence-corrected chi connectivity index (χ3v) is 2.81. The third kappa shape index (κ3) is 4.31. The van der Waals surface area contributed by atoms with Crippen LogP contribution in [0.1, 0.15) is 11.6 Å². The molecule has 2 heterocycles. The number of piperazine rings is 1. The van der Waals surface area contributed by atoms with Gasteiger partial charge in [0.1, 0.15) is 0 Å². The lowest BCUT2D eigenvalue weighted by atomic mass is 10.1. The minimum atomic E-state index is -2.37. The van der Waals surface area contributed by atoms with Crippen molar-refractivity contribution in [2.24, 2.45) is 0 Å². The topological polar surface area (TPSA) is 28.2 Å². The number of hydrogen-bond donors (Lipinski definition) is 1. The number of rotatable bonds is 3. The normalized spacial score (nSPS) is 17.7. The van der Waals surface area contributed by atoms with Crippen molar-refractivity contribution in [1.82, 2.24) is 15.2 Å². The fourth-order valence-corrected chi connectivity index (χ4v) is 2.03. The molecule has 0 radical (unpaired) electrons. The number of aromatic nitrogens is 1. The zero-order valence-electron chi connectivity index (χ0n) is 9.76. The lowest BCUT2D eigenvalue weighted by Gasteiger charge is -2.34. The van der Waals surface area contributed by atoms with E-state index >= 15 is 0 Å². The molecule has 1 N–H and O–H groups in total. The van der Waals surface area contributed by atoms with Gasteiger partial charge in [0, 0.05) is 38.6 Å². The summed E-state index contributed by atoms with van der Waals surface area (Å²) in [6.07, 6.45) is 0.755. The van der Waals surface area contributed by atoms with Gasteiger partial charge in [-0.15, -0.1) is 24.8 Å². The Kier molecular flexibility index (Phi) is 8.35. The van der Waals surface area contributed by atoms with E-state index in [2.05, 4.69) is 10.3 Å². The molecule has 0 aliphatic carbocycles. The van der Waals surface area contributed by atoms with Gasteiger partial charge in [0.05, 0.1) is 6.04 Å². The van der Waals surface area contributed by atoms with Crippen LogP contribution in [-0.2, 0) is 0 Å². The lowest BCUT2D eigenvalue weighted by molar-refractivity contribution is 0.0180. The quantitative estimate of drug-likeness (QED) is 0.927.